The SMILES string of the molecule is C(=NNc1nc(-c2ccccc2)nc2ccccc12)c1cccs1. The van der Waals surface area contributed by atoms with Gasteiger partial charge in [0, 0.05) is 15.8 Å². The second kappa shape index (κ2) is 6.60. The van der Waals surface area contributed by atoms with Gasteiger partial charge in [0.05, 0.1) is 11.7 Å². The Balaban J connectivity index is 1.75. The van der Waals surface area contributed by atoms with Gasteiger partial charge in [-0.3, -0.25) is 5.43 Å². The number of hydrazone groups is 1. The van der Waals surface area contributed by atoms with Crippen LogP contribution in [0.25, 0.3) is 22.3 Å². The second-order valence-electron chi connectivity index (χ2n) is 5.16. The van der Waals surface area contributed by atoms with Gasteiger partial charge in [-0.1, -0.05) is 48.5 Å². The lowest BCUT2D eigenvalue weighted by Gasteiger charge is -2.08. The molecule has 4 nitrogen and oxygen atoms in total. The van der Waals surface area contributed by atoms with E-state index in [9.17, 15) is 0 Å². The fourth-order valence-electron chi connectivity index (χ4n) is 2.40. The van der Waals surface area contributed by atoms with E-state index in [0.717, 1.165) is 21.3 Å². The van der Waals surface area contributed by atoms with Crippen LogP contribution in [-0.2, 0) is 0 Å². The minimum absolute atomic E-state index is 0.683. The second-order valence-corrected chi connectivity index (χ2v) is 6.14. The van der Waals surface area contributed by atoms with E-state index in [0.29, 0.717) is 11.6 Å². The third-order valence-corrected chi connectivity index (χ3v) is 4.35. The van der Waals surface area contributed by atoms with Crippen molar-refractivity contribution < 1.29 is 0 Å². The van der Waals surface area contributed by atoms with Gasteiger partial charge in [-0.2, -0.15) is 5.10 Å². The molecule has 0 fully saturated rings. The molecule has 0 atom stereocenters. The molecule has 0 radical (unpaired) electrons. The molecule has 0 saturated carbocycles. The Morgan fingerprint density at radius 2 is 1.71 bits per heavy atom. The van der Waals surface area contributed by atoms with E-state index in [2.05, 4.69) is 20.5 Å². The van der Waals surface area contributed by atoms with Crippen molar-refractivity contribution in [2.75, 3.05) is 5.43 Å². The number of para-hydroxylation sites is 1. The van der Waals surface area contributed by atoms with E-state index in [1.807, 2.05) is 72.1 Å². The summed E-state index contributed by atoms with van der Waals surface area (Å²) in [6.45, 7) is 0. The lowest BCUT2D eigenvalue weighted by molar-refractivity contribution is 1.19. The van der Waals surface area contributed by atoms with Gasteiger partial charge in [0.25, 0.3) is 0 Å². The molecule has 5 heteroatoms. The van der Waals surface area contributed by atoms with Gasteiger partial charge >= 0.3 is 0 Å². The Morgan fingerprint density at radius 3 is 2.54 bits per heavy atom. The monoisotopic (exact) mass is 330 g/mol. The maximum absolute atomic E-state index is 4.66. The number of hydrogen-bond acceptors (Lipinski definition) is 5. The molecule has 4 aromatic rings. The van der Waals surface area contributed by atoms with E-state index in [1.54, 1.807) is 17.6 Å². The summed E-state index contributed by atoms with van der Waals surface area (Å²) in [6, 6.07) is 21.9. The highest BCUT2D eigenvalue weighted by atomic mass is 32.1. The number of benzene rings is 2. The molecule has 24 heavy (non-hydrogen) atoms. The van der Waals surface area contributed by atoms with Gasteiger partial charge in [0.2, 0.25) is 0 Å². The Kier molecular flexibility index (Phi) is 4.00. The van der Waals surface area contributed by atoms with E-state index >= 15 is 0 Å². The van der Waals surface area contributed by atoms with Crippen LogP contribution in [0.3, 0.4) is 0 Å². The summed E-state index contributed by atoms with van der Waals surface area (Å²) in [7, 11) is 0. The zero-order valence-electron chi connectivity index (χ0n) is 12.8. The molecule has 0 saturated heterocycles. The van der Waals surface area contributed by atoms with Crippen molar-refractivity contribution in [3.05, 3.63) is 77.0 Å². The maximum Gasteiger partial charge on any atom is 0.162 e. The molecule has 1 N–H and O–H groups in total. The lowest BCUT2D eigenvalue weighted by Crippen LogP contribution is -1.99. The lowest BCUT2D eigenvalue weighted by atomic mass is 10.2. The predicted molar refractivity (Wildman–Crippen MR) is 101 cm³/mol. The molecule has 0 aliphatic carbocycles. The van der Waals surface area contributed by atoms with Crippen molar-refractivity contribution in [2.45, 2.75) is 0 Å². The van der Waals surface area contributed by atoms with Gasteiger partial charge in [-0.15, -0.1) is 11.3 Å². The third-order valence-electron chi connectivity index (χ3n) is 3.54. The molecule has 2 heterocycles. The van der Waals surface area contributed by atoms with Crippen LogP contribution < -0.4 is 5.43 Å². The highest BCUT2D eigenvalue weighted by Gasteiger charge is 2.08. The molecular weight excluding hydrogens is 316 g/mol. The highest BCUT2D eigenvalue weighted by molar-refractivity contribution is 7.11. The Morgan fingerprint density at radius 1 is 0.875 bits per heavy atom. The summed E-state index contributed by atoms with van der Waals surface area (Å²) in [4.78, 5) is 10.4. The molecule has 0 aliphatic rings. The molecule has 0 unspecified atom stereocenters. The fraction of sp³-hybridized carbons (Fsp3) is 0. The van der Waals surface area contributed by atoms with Crippen LogP contribution in [-0.4, -0.2) is 16.2 Å². The number of hydrogen-bond donors (Lipinski definition) is 1. The van der Waals surface area contributed by atoms with E-state index in [4.69, 9.17) is 0 Å². The molecule has 0 aliphatic heterocycles. The fourth-order valence-corrected chi connectivity index (χ4v) is 2.98. The highest BCUT2D eigenvalue weighted by Crippen LogP contribution is 2.24. The minimum atomic E-state index is 0.683. The summed E-state index contributed by atoms with van der Waals surface area (Å²) in [5.41, 5.74) is 4.93. The molecule has 0 bridgehead atoms. The molecule has 0 amide bonds. The number of anilines is 1. The number of thiophene rings is 1. The van der Waals surface area contributed by atoms with Crippen molar-refractivity contribution in [1.29, 1.82) is 0 Å². The van der Waals surface area contributed by atoms with Crippen LogP contribution in [0.5, 0.6) is 0 Å². The van der Waals surface area contributed by atoms with Crippen molar-refractivity contribution in [3.63, 3.8) is 0 Å². The van der Waals surface area contributed by atoms with Crippen LogP contribution in [0.4, 0.5) is 5.82 Å². The number of aromatic nitrogens is 2. The van der Waals surface area contributed by atoms with Gasteiger partial charge in [-0.25, -0.2) is 9.97 Å². The normalized spacial score (nSPS) is 11.2. The Bertz CT molecular complexity index is 979. The van der Waals surface area contributed by atoms with Gasteiger partial charge < -0.3 is 0 Å². The van der Waals surface area contributed by atoms with Gasteiger partial charge in [0.1, 0.15) is 0 Å². The topological polar surface area (TPSA) is 50.2 Å². The van der Waals surface area contributed by atoms with Crippen LogP contribution in [0, 0.1) is 0 Å². The first-order chi connectivity index (χ1) is 11.9. The first kappa shape index (κ1) is 14.5. The standard InChI is InChI=1S/C19H14N4S/c1-2-7-14(8-3-1)18-21-17-11-5-4-10-16(17)19(22-18)23-20-13-15-9-6-12-24-15/h1-13H,(H,21,22,23). The van der Waals surface area contributed by atoms with Crippen LogP contribution in [0.1, 0.15) is 4.88 Å². The van der Waals surface area contributed by atoms with E-state index < -0.39 is 0 Å². The largest absolute Gasteiger partial charge is 0.261 e. The zero-order valence-corrected chi connectivity index (χ0v) is 13.6. The number of rotatable bonds is 4. The van der Waals surface area contributed by atoms with E-state index in [1.165, 1.54) is 0 Å². The minimum Gasteiger partial charge on any atom is -0.261 e. The van der Waals surface area contributed by atoms with Crippen molar-refractivity contribution in [1.82, 2.24) is 9.97 Å². The molecule has 2 aromatic heterocycles. The maximum atomic E-state index is 4.66. The molecule has 116 valence electrons. The number of fused-ring (bicyclic) bond motifs is 1. The molecular formula is C19H14N4S. The van der Waals surface area contributed by atoms with Gasteiger partial charge in [0.15, 0.2) is 11.6 Å². The first-order valence-corrected chi connectivity index (χ1v) is 8.43. The summed E-state index contributed by atoms with van der Waals surface area (Å²) in [6.07, 6.45) is 1.80. The Labute approximate surface area is 143 Å². The van der Waals surface area contributed by atoms with Crippen molar-refractivity contribution >= 4 is 34.3 Å². The van der Waals surface area contributed by atoms with Crippen molar-refractivity contribution in [3.8, 4) is 11.4 Å². The van der Waals surface area contributed by atoms with Crippen LogP contribution in [0.15, 0.2) is 77.2 Å². The smallest absolute Gasteiger partial charge is 0.162 e. The third kappa shape index (κ3) is 3.02. The summed E-state index contributed by atoms with van der Waals surface area (Å²) < 4.78 is 0. The zero-order chi connectivity index (χ0) is 16.2. The first-order valence-electron chi connectivity index (χ1n) is 7.55. The summed E-state index contributed by atoms with van der Waals surface area (Å²) in [5.74, 6) is 1.38. The Hall–Kier alpha value is -3.05. The van der Waals surface area contributed by atoms with Gasteiger partial charge in [-0.05, 0) is 23.6 Å². The molecule has 2 aromatic carbocycles. The van der Waals surface area contributed by atoms with Crippen LogP contribution >= 0.6 is 11.3 Å². The average molecular weight is 330 g/mol. The summed E-state index contributed by atoms with van der Waals surface area (Å²) in [5, 5.41) is 7.28. The average Bonchev–Trinajstić information content (AvgIpc) is 3.16. The predicted octanol–water partition coefficient (Wildman–Crippen LogP) is 4.80. The number of nitrogens with one attached hydrogen (secondary N) is 1. The quantitative estimate of drug-likeness (QED) is 0.432. The summed E-state index contributed by atoms with van der Waals surface area (Å²) >= 11 is 1.64. The molecule has 0 spiro atoms. The van der Waals surface area contributed by atoms with Crippen molar-refractivity contribution in [2.24, 2.45) is 5.10 Å². The number of nitrogens with zero attached hydrogens (tertiary/aromatic N) is 3. The van der Waals surface area contributed by atoms with E-state index in [-0.39, 0.29) is 0 Å². The van der Waals surface area contributed by atoms with Crippen LogP contribution in [0.2, 0.25) is 0 Å². The molecule has 4 rings (SSSR count).